The summed E-state index contributed by atoms with van der Waals surface area (Å²) >= 11 is 15.9. The molecule has 0 aliphatic rings. The van der Waals surface area contributed by atoms with Crippen LogP contribution in [0.25, 0.3) is 0 Å². The second-order valence-corrected chi connectivity index (χ2v) is 5.57. The Labute approximate surface area is 124 Å². The molecule has 1 unspecified atom stereocenters. The zero-order chi connectivity index (χ0) is 13.3. The second-order valence-electron chi connectivity index (χ2n) is 3.84. The number of hydrogen-bond donors (Lipinski definition) is 0. The number of hydrogen-bond acceptors (Lipinski definition) is 2. The summed E-state index contributed by atoms with van der Waals surface area (Å²) in [6, 6.07) is 5.39. The average molecular weight is 350 g/mol. The number of benzene rings is 1. The van der Waals surface area contributed by atoms with Crippen molar-refractivity contribution in [2.24, 2.45) is 0 Å². The van der Waals surface area contributed by atoms with Gasteiger partial charge in [-0.1, -0.05) is 39.1 Å². The molecule has 0 spiro atoms. The van der Waals surface area contributed by atoms with Gasteiger partial charge in [0, 0.05) is 11.1 Å². The molecule has 1 heterocycles. The van der Waals surface area contributed by atoms with Gasteiger partial charge in [-0.3, -0.25) is 0 Å². The molecule has 0 aliphatic carbocycles. The topological polar surface area (TPSA) is 22.4 Å². The zero-order valence-corrected chi connectivity index (χ0v) is 12.9. The highest BCUT2D eigenvalue weighted by atomic mass is 79.9. The molecule has 2 nitrogen and oxygen atoms in total. The minimum absolute atomic E-state index is 0.136. The first-order valence-electron chi connectivity index (χ1n) is 5.25. The number of aryl methyl sites for hydroxylation is 1. The summed E-state index contributed by atoms with van der Waals surface area (Å²) in [6.45, 7) is 1.98. The first-order valence-corrected chi connectivity index (χ1v) is 6.92. The van der Waals surface area contributed by atoms with Crippen LogP contribution in [0.15, 0.2) is 28.9 Å². The van der Waals surface area contributed by atoms with E-state index in [2.05, 4.69) is 15.9 Å². The Bertz CT molecular complexity index is 566. The average Bonchev–Trinajstić information content (AvgIpc) is 2.77. The van der Waals surface area contributed by atoms with Crippen molar-refractivity contribution in [1.82, 2.24) is 0 Å². The quantitative estimate of drug-likeness (QED) is 0.693. The molecule has 0 aliphatic heterocycles. The lowest BCUT2D eigenvalue weighted by Crippen LogP contribution is -1.96. The summed E-state index contributed by atoms with van der Waals surface area (Å²) in [5.74, 6) is 1.37. The Hall–Kier alpha value is -0.640. The summed E-state index contributed by atoms with van der Waals surface area (Å²) in [5.41, 5.74) is 1.90. The molecule has 0 saturated heterocycles. The molecular weight excluding hydrogens is 339 g/mol. The maximum atomic E-state index is 6.23. The van der Waals surface area contributed by atoms with E-state index in [1.807, 2.05) is 13.0 Å². The Morgan fingerprint density at radius 1 is 1.28 bits per heavy atom. The van der Waals surface area contributed by atoms with E-state index in [0.29, 0.717) is 15.8 Å². The SMILES string of the molecule is COc1cc(Cl)c(C(Br)c2occc2C)cc1Cl. The van der Waals surface area contributed by atoms with Crippen molar-refractivity contribution in [2.75, 3.05) is 7.11 Å². The van der Waals surface area contributed by atoms with Crippen LogP contribution in [0.1, 0.15) is 21.7 Å². The highest BCUT2D eigenvalue weighted by Crippen LogP contribution is 2.41. The van der Waals surface area contributed by atoms with Crippen molar-refractivity contribution in [1.29, 1.82) is 0 Å². The third kappa shape index (κ3) is 2.53. The van der Waals surface area contributed by atoms with Gasteiger partial charge < -0.3 is 9.15 Å². The van der Waals surface area contributed by atoms with Crippen molar-refractivity contribution in [3.05, 3.63) is 51.4 Å². The number of furan rings is 1. The predicted molar refractivity (Wildman–Crippen MR) is 77.2 cm³/mol. The van der Waals surface area contributed by atoms with Crippen LogP contribution < -0.4 is 4.74 Å². The molecular formula is C13H11BrCl2O2. The highest BCUT2D eigenvalue weighted by Gasteiger charge is 2.20. The van der Waals surface area contributed by atoms with Gasteiger partial charge in [0.1, 0.15) is 11.5 Å². The Morgan fingerprint density at radius 3 is 2.56 bits per heavy atom. The van der Waals surface area contributed by atoms with Gasteiger partial charge in [-0.15, -0.1) is 0 Å². The number of methoxy groups -OCH3 is 1. The fourth-order valence-electron chi connectivity index (χ4n) is 1.68. The standard InChI is InChI=1S/C13H11BrCl2O2/c1-7-3-4-18-13(7)12(14)8-5-10(16)11(17-2)6-9(8)15/h3-6,12H,1-2H3. The Kier molecular flexibility index (Phi) is 4.25. The van der Waals surface area contributed by atoms with Gasteiger partial charge in [-0.2, -0.15) is 0 Å². The monoisotopic (exact) mass is 348 g/mol. The van der Waals surface area contributed by atoms with E-state index in [-0.39, 0.29) is 4.83 Å². The number of halogens is 3. The molecule has 96 valence electrons. The molecule has 0 saturated carbocycles. The van der Waals surface area contributed by atoms with Gasteiger partial charge >= 0.3 is 0 Å². The fourth-order valence-corrected chi connectivity index (χ4v) is 3.17. The van der Waals surface area contributed by atoms with Crippen molar-refractivity contribution < 1.29 is 9.15 Å². The first kappa shape index (κ1) is 13.8. The Morgan fingerprint density at radius 2 is 2.00 bits per heavy atom. The molecule has 0 radical (unpaired) electrons. The van der Waals surface area contributed by atoms with Gasteiger partial charge in [0.05, 0.1) is 23.2 Å². The van der Waals surface area contributed by atoms with Crippen LogP contribution in [0, 0.1) is 6.92 Å². The maximum Gasteiger partial charge on any atom is 0.138 e. The van der Waals surface area contributed by atoms with E-state index in [0.717, 1.165) is 16.9 Å². The number of rotatable bonds is 3. The fraction of sp³-hybridized carbons (Fsp3) is 0.231. The van der Waals surface area contributed by atoms with Crippen LogP contribution in [0.5, 0.6) is 5.75 Å². The van der Waals surface area contributed by atoms with Crippen LogP contribution in [-0.2, 0) is 0 Å². The summed E-state index contributed by atoms with van der Waals surface area (Å²) in [6.07, 6.45) is 1.65. The smallest absolute Gasteiger partial charge is 0.138 e. The lowest BCUT2D eigenvalue weighted by atomic mass is 10.1. The lowest BCUT2D eigenvalue weighted by molar-refractivity contribution is 0.415. The van der Waals surface area contributed by atoms with E-state index in [1.54, 1.807) is 25.5 Å². The van der Waals surface area contributed by atoms with Crippen LogP contribution >= 0.6 is 39.1 Å². The molecule has 0 amide bonds. The van der Waals surface area contributed by atoms with Crippen molar-refractivity contribution >= 4 is 39.1 Å². The molecule has 2 rings (SSSR count). The van der Waals surface area contributed by atoms with E-state index in [4.69, 9.17) is 32.4 Å². The summed E-state index contributed by atoms with van der Waals surface area (Å²) in [7, 11) is 1.56. The number of ether oxygens (including phenoxy) is 1. The minimum Gasteiger partial charge on any atom is -0.495 e. The van der Waals surface area contributed by atoms with Crippen LogP contribution in [-0.4, -0.2) is 7.11 Å². The number of alkyl halides is 1. The lowest BCUT2D eigenvalue weighted by Gasteiger charge is -2.13. The summed E-state index contributed by atoms with van der Waals surface area (Å²) < 4.78 is 10.6. The maximum absolute atomic E-state index is 6.23. The predicted octanol–water partition coefficient (Wildman–Crippen LogP) is 5.39. The summed E-state index contributed by atoms with van der Waals surface area (Å²) in [4.78, 5) is -0.136. The van der Waals surface area contributed by atoms with Gasteiger partial charge in [0.15, 0.2) is 0 Å². The minimum atomic E-state index is -0.136. The molecule has 0 bridgehead atoms. The first-order chi connectivity index (χ1) is 8.54. The normalized spacial score (nSPS) is 12.5. The van der Waals surface area contributed by atoms with Crippen molar-refractivity contribution in [3.8, 4) is 5.75 Å². The van der Waals surface area contributed by atoms with Gasteiger partial charge in [0.2, 0.25) is 0 Å². The molecule has 5 heteroatoms. The molecule has 18 heavy (non-hydrogen) atoms. The molecule has 0 fully saturated rings. The van der Waals surface area contributed by atoms with E-state index < -0.39 is 0 Å². The van der Waals surface area contributed by atoms with Gasteiger partial charge in [-0.05, 0) is 30.2 Å². The van der Waals surface area contributed by atoms with Crippen LogP contribution in [0.2, 0.25) is 10.0 Å². The Balaban J connectivity index is 2.46. The highest BCUT2D eigenvalue weighted by molar-refractivity contribution is 9.09. The molecule has 1 aromatic heterocycles. The van der Waals surface area contributed by atoms with Gasteiger partial charge in [0.25, 0.3) is 0 Å². The zero-order valence-electron chi connectivity index (χ0n) is 9.84. The van der Waals surface area contributed by atoms with E-state index in [1.165, 1.54) is 0 Å². The third-order valence-corrected chi connectivity index (χ3v) is 4.21. The molecule has 1 atom stereocenters. The van der Waals surface area contributed by atoms with Crippen molar-refractivity contribution in [3.63, 3.8) is 0 Å². The largest absolute Gasteiger partial charge is 0.495 e. The van der Waals surface area contributed by atoms with E-state index in [9.17, 15) is 0 Å². The molecule has 2 aromatic rings. The second kappa shape index (κ2) is 5.55. The van der Waals surface area contributed by atoms with E-state index >= 15 is 0 Å². The van der Waals surface area contributed by atoms with Crippen LogP contribution in [0.4, 0.5) is 0 Å². The van der Waals surface area contributed by atoms with Gasteiger partial charge in [-0.25, -0.2) is 0 Å². The summed E-state index contributed by atoms with van der Waals surface area (Å²) in [5, 5.41) is 1.10. The molecule has 0 N–H and O–H groups in total. The third-order valence-electron chi connectivity index (χ3n) is 2.68. The van der Waals surface area contributed by atoms with Crippen molar-refractivity contribution in [2.45, 2.75) is 11.8 Å². The van der Waals surface area contributed by atoms with Crippen LogP contribution in [0.3, 0.4) is 0 Å². The molecule has 1 aromatic carbocycles.